The van der Waals surface area contributed by atoms with E-state index in [-0.39, 0.29) is 0 Å². The Morgan fingerprint density at radius 1 is 0.141 bits per heavy atom. The van der Waals surface area contributed by atoms with Crippen LogP contribution in [0.25, 0.3) is 222 Å². The van der Waals surface area contributed by atoms with E-state index in [0.717, 1.165) is 179 Å². The molecule has 16 aromatic carbocycles. The lowest BCUT2D eigenvalue weighted by atomic mass is 9.97. The zero-order valence-electron chi connectivity index (χ0n) is 69.2. The Hall–Kier alpha value is -17.5. The highest BCUT2D eigenvalue weighted by molar-refractivity contribution is 6.03. The van der Waals surface area contributed by atoms with E-state index in [0.29, 0.717) is 0 Å². The van der Waals surface area contributed by atoms with Crippen molar-refractivity contribution in [2.75, 3.05) is 0 Å². The Morgan fingerprint density at radius 3 is 0.781 bits per heavy atom. The van der Waals surface area contributed by atoms with Crippen molar-refractivity contribution in [1.29, 1.82) is 0 Å². The second-order valence-corrected chi connectivity index (χ2v) is 31.1. The lowest BCUT2D eigenvalue weighted by Crippen LogP contribution is -1.96. The van der Waals surface area contributed by atoms with Gasteiger partial charge in [-0.05, 0) is 174 Å². The van der Waals surface area contributed by atoms with Crippen LogP contribution in [0.2, 0.25) is 0 Å². The van der Waals surface area contributed by atoms with Crippen molar-refractivity contribution >= 4 is 87.2 Å². The third-order valence-electron chi connectivity index (χ3n) is 23.0. The highest BCUT2D eigenvalue weighted by Gasteiger charge is 2.21. The maximum Gasteiger partial charge on any atom is 0.0979 e. The number of aromatic nitrogens is 12. The maximum atomic E-state index is 5.08. The van der Waals surface area contributed by atoms with Crippen molar-refractivity contribution in [3.8, 4) is 135 Å². The molecule has 0 amide bonds. The zero-order chi connectivity index (χ0) is 85.3. The summed E-state index contributed by atoms with van der Waals surface area (Å²) < 4.78 is 0. The van der Waals surface area contributed by atoms with E-state index in [9.17, 15) is 0 Å². The molecule has 0 fully saturated rings. The first-order valence-corrected chi connectivity index (χ1v) is 42.5. The molecule has 0 aliphatic carbocycles. The first-order valence-electron chi connectivity index (χ1n) is 42.5. The maximum absolute atomic E-state index is 5.08. The first kappa shape index (κ1) is 77.8. The predicted molar refractivity (Wildman–Crippen MR) is 525 cm³/mol. The van der Waals surface area contributed by atoms with Crippen LogP contribution in [0.3, 0.4) is 0 Å². The van der Waals surface area contributed by atoms with Gasteiger partial charge in [0.05, 0.1) is 95.4 Å². The molecule has 128 heavy (non-hydrogen) atoms. The Morgan fingerprint density at radius 2 is 0.422 bits per heavy atom. The molecule has 0 atom stereocenters. The van der Waals surface area contributed by atoms with Crippen LogP contribution in [0.5, 0.6) is 0 Å². The summed E-state index contributed by atoms with van der Waals surface area (Å²) in [6, 6.07) is 143. The topological polar surface area (TPSA) is 155 Å². The molecule has 12 nitrogen and oxygen atoms in total. The van der Waals surface area contributed by atoms with E-state index in [1.54, 1.807) is 12.4 Å². The smallest absolute Gasteiger partial charge is 0.0979 e. The quantitative estimate of drug-likeness (QED) is 0.114. The van der Waals surface area contributed by atoms with Crippen molar-refractivity contribution in [2.45, 2.75) is 0 Å². The van der Waals surface area contributed by atoms with Crippen molar-refractivity contribution < 1.29 is 0 Å². The van der Waals surface area contributed by atoms with Gasteiger partial charge in [0.25, 0.3) is 0 Å². The van der Waals surface area contributed by atoms with E-state index in [4.69, 9.17) is 39.9 Å². The molecule has 0 unspecified atom stereocenters. The van der Waals surface area contributed by atoms with Crippen molar-refractivity contribution in [3.05, 3.63) is 462 Å². The third-order valence-corrected chi connectivity index (χ3v) is 23.0. The average Bonchev–Trinajstić information content (AvgIpc) is 0.772. The molecule has 0 radical (unpaired) electrons. The summed E-state index contributed by atoms with van der Waals surface area (Å²) in [6.07, 6.45) is 12.8. The van der Waals surface area contributed by atoms with Crippen LogP contribution in [0.1, 0.15) is 0 Å². The fraction of sp³-hybridized carbons (Fsp3) is 0. The largest absolute Gasteiger partial charge is 0.265 e. The second kappa shape index (κ2) is 35.5. The highest BCUT2D eigenvalue weighted by Crippen LogP contribution is 2.41. The van der Waals surface area contributed by atoms with Gasteiger partial charge in [-0.3, -0.25) is 19.9 Å². The minimum atomic E-state index is 0.882. The number of fused-ring (bicyclic) bond motifs is 8. The van der Waals surface area contributed by atoms with Gasteiger partial charge in [0.2, 0.25) is 0 Å². The Labute approximate surface area is 738 Å². The Kier molecular flexibility index (Phi) is 21.6. The summed E-state index contributed by atoms with van der Waals surface area (Å²) in [7, 11) is 0. The monoisotopic (exact) mass is 1640 g/mol. The summed E-state index contributed by atoms with van der Waals surface area (Å²) in [5.41, 5.74) is 31.5. The summed E-state index contributed by atoms with van der Waals surface area (Å²) in [5, 5.41) is 9.55. The van der Waals surface area contributed by atoms with E-state index in [1.807, 2.05) is 171 Å². The number of hydrogen-bond acceptors (Lipinski definition) is 12. The summed E-state index contributed by atoms with van der Waals surface area (Å²) in [5.74, 6) is 0. The molecule has 0 saturated heterocycles. The summed E-state index contributed by atoms with van der Waals surface area (Å²) in [6.45, 7) is 0. The van der Waals surface area contributed by atoms with Crippen molar-refractivity contribution in [1.82, 2.24) is 59.8 Å². The summed E-state index contributed by atoms with van der Waals surface area (Å²) >= 11 is 0. The van der Waals surface area contributed by atoms with E-state index >= 15 is 0 Å². The first-order chi connectivity index (χ1) is 63.4. The number of rotatable bonds is 12. The minimum absolute atomic E-state index is 0.882. The van der Waals surface area contributed by atoms with Crippen LogP contribution in [-0.4, -0.2) is 59.8 Å². The van der Waals surface area contributed by atoms with E-state index in [1.165, 1.54) is 43.1 Å². The van der Waals surface area contributed by atoms with Crippen LogP contribution in [-0.2, 0) is 0 Å². The van der Waals surface area contributed by atoms with Gasteiger partial charge in [0.15, 0.2) is 0 Å². The van der Waals surface area contributed by atoms with Gasteiger partial charge < -0.3 is 0 Å². The lowest BCUT2D eigenvalue weighted by Gasteiger charge is -2.13. The van der Waals surface area contributed by atoms with Crippen molar-refractivity contribution in [3.63, 3.8) is 0 Å². The minimum Gasteiger partial charge on any atom is -0.265 e. The molecular weight excluding hydrogens is 1560 g/mol. The van der Waals surface area contributed by atoms with Crippen LogP contribution >= 0.6 is 0 Å². The van der Waals surface area contributed by atoms with E-state index in [2.05, 4.69) is 299 Å². The molecule has 12 heteroatoms. The molecule has 0 bridgehead atoms. The van der Waals surface area contributed by atoms with Crippen LogP contribution < -0.4 is 0 Å². The Bertz CT molecular complexity index is 7650. The number of pyridine rings is 4. The molecule has 8 heterocycles. The lowest BCUT2D eigenvalue weighted by molar-refractivity contribution is 1.29. The normalized spacial score (nSPS) is 11.1. The molecule has 0 saturated carbocycles. The van der Waals surface area contributed by atoms with Gasteiger partial charge in [0, 0.05) is 93.4 Å². The molecule has 24 aromatic rings. The average molecular weight is 1640 g/mol. The molecule has 24 rings (SSSR count). The van der Waals surface area contributed by atoms with Gasteiger partial charge in [-0.2, -0.15) is 0 Å². The number of benzene rings is 16. The van der Waals surface area contributed by atoms with Gasteiger partial charge >= 0.3 is 0 Å². The second-order valence-electron chi connectivity index (χ2n) is 31.1. The van der Waals surface area contributed by atoms with Crippen LogP contribution in [0, 0.1) is 0 Å². The van der Waals surface area contributed by atoms with Gasteiger partial charge in [-0.1, -0.05) is 322 Å². The fourth-order valence-corrected chi connectivity index (χ4v) is 16.5. The predicted octanol–water partition coefficient (Wildman–Crippen LogP) is 28.7. The summed E-state index contributed by atoms with van der Waals surface area (Å²) in [4.78, 5) is 57.4. The number of hydrogen-bond donors (Lipinski definition) is 0. The third kappa shape index (κ3) is 16.4. The zero-order valence-corrected chi connectivity index (χ0v) is 69.2. The molecular formula is C116H76N12. The molecule has 0 aliphatic rings. The number of para-hydroxylation sites is 8. The Balaban J connectivity index is 0.000000104. The van der Waals surface area contributed by atoms with E-state index < -0.39 is 0 Å². The number of nitrogens with zero attached hydrogens (tertiary/aromatic N) is 12. The highest BCUT2D eigenvalue weighted by atomic mass is 14.9. The molecule has 600 valence electrons. The van der Waals surface area contributed by atoms with Gasteiger partial charge in [-0.15, -0.1) is 0 Å². The van der Waals surface area contributed by atoms with Crippen LogP contribution in [0.4, 0.5) is 0 Å². The molecule has 8 aromatic heterocycles. The molecule has 0 spiro atoms. The standard InChI is InChI=1S/4C29H19N3/c1-2-10-24-21(7-1)8-5-11-25(24)29-28(31-26-12-3-4-13-27(26)32-29)22-16-14-20(15-17-22)23-9-6-18-30-19-23;1-2-10-23-20(8-1)9-7-11-24(23)29-28(31-26-13-3-4-14-27(26)32-29)22-17-15-21(16-18-22)25-12-5-6-19-30-25;1-2-7-23-18-24(16-13-20(23)6-1)29-28(31-26-9-3-4-10-27(26)32-29)22-14-11-21(12-15-22)25-8-5-17-30-19-25;1-2-6-24-19-25(14-11-20(24)5-1)29-28(31-26-7-3-4-8-27(26)32-29)23-12-9-21(10-13-23)22-15-17-30-18-16-22/h4*1-19H. The van der Waals surface area contributed by atoms with Gasteiger partial charge in [-0.25, -0.2) is 39.9 Å². The molecule has 0 N–H and O–H groups in total. The van der Waals surface area contributed by atoms with Gasteiger partial charge in [0.1, 0.15) is 0 Å². The fourth-order valence-electron chi connectivity index (χ4n) is 16.5. The van der Waals surface area contributed by atoms with Crippen LogP contribution in [0.15, 0.2) is 462 Å². The van der Waals surface area contributed by atoms with Crippen molar-refractivity contribution in [2.24, 2.45) is 0 Å². The molecule has 0 aliphatic heterocycles. The SMILES string of the molecule is c1ccc(-c2ccc(-c3nc4ccccc4nc3-c3cccc4ccccc34)cc2)nc1.c1ccc2cc(-c3nc4ccccc4nc3-c3ccc(-c4ccncc4)cc3)ccc2c1.c1cncc(-c2ccc(-c3nc4ccccc4nc3-c3ccc4ccccc4c3)cc2)c1.c1cncc(-c2ccc(-c3nc4ccccc4nc3-c3cccc4ccccc34)cc2)c1.